The second-order valence-electron chi connectivity index (χ2n) is 5.52. The van der Waals surface area contributed by atoms with Crippen LogP contribution in [0.15, 0.2) is 42.6 Å². The lowest BCUT2D eigenvalue weighted by molar-refractivity contribution is 0.0780. The molecule has 0 aliphatic heterocycles. The van der Waals surface area contributed by atoms with Crippen LogP contribution in [0.1, 0.15) is 27.3 Å². The lowest BCUT2D eigenvalue weighted by Gasteiger charge is -2.17. The highest BCUT2D eigenvalue weighted by Crippen LogP contribution is 2.14. The second-order valence-corrected chi connectivity index (χ2v) is 5.52. The highest BCUT2D eigenvalue weighted by atomic mass is 16.2. The van der Waals surface area contributed by atoms with Crippen LogP contribution in [0.3, 0.4) is 0 Å². The number of hydrogen-bond donors (Lipinski definition) is 0. The molecule has 3 aromatic rings. The number of amides is 1. The maximum atomic E-state index is 12.6. The quantitative estimate of drug-likeness (QED) is 0.746. The number of benzene rings is 1. The van der Waals surface area contributed by atoms with E-state index in [4.69, 9.17) is 0 Å². The Morgan fingerprint density at radius 1 is 1.18 bits per heavy atom. The van der Waals surface area contributed by atoms with Crippen LogP contribution in [0.5, 0.6) is 0 Å². The summed E-state index contributed by atoms with van der Waals surface area (Å²) in [5.41, 5.74) is 3.65. The average Bonchev–Trinajstić information content (AvgIpc) is 2.90. The highest BCUT2D eigenvalue weighted by molar-refractivity contribution is 5.95. The predicted molar refractivity (Wildman–Crippen MR) is 84.7 cm³/mol. The molecule has 0 saturated heterocycles. The van der Waals surface area contributed by atoms with Gasteiger partial charge in [0.05, 0.1) is 6.54 Å². The fourth-order valence-corrected chi connectivity index (χ4v) is 2.54. The van der Waals surface area contributed by atoms with Gasteiger partial charge in [0.25, 0.3) is 5.91 Å². The van der Waals surface area contributed by atoms with Crippen LogP contribution in [0.4, 0.5) is 0 Å². The summed E-state index contributed by atoms with van der Waals surface area (Å²) in [5.74, 6) is 0.737. The van der Waals surface area contributed by atoms with Gasteiger partial charge in [-0.15, -0.1) is 10.2 Å². The van der Waals surface area contributed by atoms with E-state index >= 15 is 0 Å². The molecular weight excluding hydrogens is 276 g/mol. The number of aryl methyl sites for hydroxylation is 2. The molecule has 112 valence electrons. The summed E-state index contributed by atoms with van der Waals surface area (Å²) in [6.07, 6.45) is 1.90. The molecule has 0 aliphatic carbocycles. The Morgan fingerprint density at radius 3 is 2.77 bits per heavy atom. The summed E-state index contributed by atoms with van der Waals surface area (Å²) < 4.78 is 1.89. The van der Waals surface area contributed by atoms with Gasteiger partial charge in [-0.1, -0.05) is 23.8 Å². The first-order valence-electron chi connectivity index (χ1n) is 7.17. The lowest BCUT2D eigenvalue weighted by Crippen LogP contribution is -2.27. The number of fused-ring (bicyclic) bond motifs is 1. The van der Waals surface area contributed by atoms with Crippen molar-refractivity contribution in [1.82, 2.24) is 19.5 Å². The van der Waals surface area contributed by atoms with Crippen molar-refractivity contribution in [3.8, 4) is 0 Å². The van der Waals surface area contributed by atoms with Crippen LogP contribution in [-0.4, -0.2) is 32.5 Å². The van der Waals surface area contributed by atoms with Crippen molar-refractivity contribution >= 4 is 11.6 Å². The SMILES string of the molecule is Cc1ccc(C(=O)N(C)Cc2nnc3ccccn23)c(C)c1. The monoisotopic (exact) mass is 294 g/mol. The molecule has 0 fully saturated rings. The maximum Gasteiger partial charge on any atom is 0.254 e. The predicted octanol–water partition coefficient (Wildman–Crippen LogP) is 2.62. The van der Waals surface area contributed by atoms with E-state index in [1.165, 1.54) is 0 Å². The van der Waals surface area contributed by atoms with E-state index in [0.717, 1.165) is 28.2 Å². The first kappa shape index (κ1) is 14.3. The molecule has 3 rings (SSSR count). The molecular formula is C17H18N4O. The summed E-state index contributed by atoms with van der Waals surface area (Å²) >= 11 is 0. The van der Waals surface area contributed by atoms with Crippen LogP contribution in [0, 0.1) is 13.8 Å². The van der Waals surface area contributed by atoms with Gasteiger partial charge in [0.1, 0.15) is 0 Å². The Balaban J connectivity index is 1.84. The van der Waals surface area contributed by atoms with Crippen LogP contribution in [0.25, 0.3) is 5.65 Å². The summed E-state index contributed by atoms with van der Waals surface area (Å²) in [7, 11) is 1.78. The van der Waals surface area contributed by atoms with Gasteiger partial charge in [-0.3, -0.25) is 9.20 Å². The zero-order valence-corrected chi connectivity index (χ0v) is 12.9. The Hall–Kier alpha value is -2.69. The Bertz CT molecular complexity index is 838. The van der Waals surface area contributed by atoms with E-state index in [1.54, 1.807) is 11.9 Å². The molecule has 0 spiro atoms. The van der Waals surface area contributed by atoms with Gasteiger partial charge in [0, 0.05) is 18.8 Å². The molecule has 0 aliphatic rings. The van der Waals surface area contributed by atoms with E-state index in [9.17, 15) is 4.79 Å². The summed E-state index contributed by atoms with van der Waals surface area (Å²) in [4.78, 5) is 14.3. The third-order valence-corrected chi connectivity index (χ3v) is 3.72. The standard InChI is InChI=1S/C17H18N4O/c1-12-7-8-14(13(2)10-12)17(22)20(3)11-16-19-18-15-6-4-5-9-21(15)16/h4-10H,11H2,1-3H3. The molecule has 2 heterocycles. The molecule has 1 amide bonds. The molecule has 0 unspecified atom stereocenters. The van der Waals surface area contributed by atoms with Gasteiger partial charge in [-0.2, -0.15) is 0 Å². The molecule has 22 heavy (non-hydrogen) atoms. The minimum Gasteiger partial charge on any atom is -0.334 e. The van der Waals surface area contributed by atoms with E-state index in [-0.39, 0.29) is 5.91 Å². The number of pyridine rings is 1. The molecule has 0 bridgehead atoms. The maximum absolute atomic E-state index is 12.6. The third-order valence-electron chi connectivity index (χ3n) is 3.72. The zero-order valence-electron chi connectivity index (χ0n) is 12.9. The topological polar surface area (TPSA) is 50.5 Å². The smallest absolute Gasteiger partial charge is 0.254 e. The first-order chi connectivity index (χ1) is 10.6. The Labute approximate surface area is 129 Å². The minimum atomic E-state index is -0.00909. The number of carbonyl (C=O) groups is 1. The highest BCUT2D eigenvalue weighted by Gasteiger charge is 2.16. The molecule has 0 saturated carbocycles. The Morgan fingerprint density at radius 2 is 2.00 bits per heavy atom. The number of hydrogen-bond acceptors (Lipinski definition) is 3. The van der Waals surface area contributed by atoms with Crippen molar-refractivity contribution < 1.29 is 4.79 Å². The fourth-order valence-electron chi connectivity index (χ4n) is 2.54. The van der Waals surface area contributed by atoms with Crippen LogP contribution < -0.4 is 0 Å². The minimum absolute atomic E-state index is 0.00909. The summed E-state index contributed by atoms with van der Waals surface area (Å²) in [6.45, 7) is 4.39. The third kappa shape index (κ3) is 2.57. The second kappa shape index (κ2) is 5.60. The van der Waals surface area contributed by atoms with E-state index in [0.29, 0.717) is 6.54 Å². The number of carbonyl (C=O) groups excluding carboxylic acids is 1. The number of aromatic nitrogens is 3. The summed E-state index contributed by atoms with van der Waals surface area (Å²) in [6, 6.07) is 11.6. The van der Waals surface area contributed by atoms with E-state index in [2.05, 4.69) is 10.2 Å². The molecule has 0 atom stereocenters. The molecule has 0 radical (unpaired) electrons. The molecule has 5 heteroatoms. The molecule has 1 aromatic carbocycles. The largest absolute Gasteiger partial charge is 0.334 e. The van der Waals surface area contributed by atoms with Gasteiger partial charge in [0.15, 0.2) is 11.5 Å². The first-order valence-corrected chi connectivity index (χ1v) is 7.17. The van der Waals surface area contributed by atoms with Crippen molar-refractivity contribution in [2.45, 2.75) is 20.4 Å². The van der Waals surface area contributed by atoms with Crippen LogP contribution >= 0.6 is 0 Å². The van der Waals surface area contributed by atoms with Gasteiger partial charge in [0.2, 0.25) is 0 Å². The van der Waals surface area contributed by atoms with Crippen molar-refractivity contribution in [3.63, 3.8) is 0 Å². The van der Waals surface area contributed by atoms with Crippen LogP contribution in [0.2, 0.25) is 0 Å². The fraction of sp³-hybridized carbons (Fsp3) is 0.235. The van der Waals surface area contributed by atoms with Crippen molar-refractivity contribution in [1.29, 1.82) is 0 Å². The lowest BCUT2D eigenvalue weighted by atomic mass is 10.0. The number of nitrogens with zero attached hydrogens (tertiary/aromatic N) is 4. The van der Waals surface area contributed by atoms with Gasteiger partial charge < -0.3 is 4.90 Å². The van der Waals surface area contributed by atoms with Crippen molar-refractivity contribution in [3.05, 3.63) is 65.1 Å². The Kier molecular flexibility index (Phi) is 3.63. The van der Waals surface area contributed by atoms with Gasteiger partial charge in [-0.05, 0) is 37.6 Å². The van der Waals surface area contributed by atoms with Gasteiger partial charge >= 0.3 is 0 Å². The molecule has 0 N–H and O–H groups in total. The summed E-state index contributed by atoms with van der Waals surface area (Å²) in [5, 5.41) is 8.27. The zero-order chi connectivity index (χ0) is 15.7. The van der Waals surface area contributed by atoms with E-state index in [1.807, 2.05) is 60.8 Å². The van der Waals surface area contributed by atoms with Crippen molar-refractivity contribution in [2.75, 3.05) is 7.05 Å². The normalized spacial score (nSPS) is 10.9. The number of rotatable bonds is 3. The van der Waals surface area contributed by atoms with Crippen LogP contribution in [-0.2, 0) is 6.54 Å². The average molecular weight is 294 g/mol. The van der Waals surface area contributed by atoms with Gasteiger partial charge in [-0.25, -0.2) is 0 Å². The van der Waals surface area contributed by atoms with Crippen molar-refractivity contribution in [2.24, 2.45) is 0 Å². The van der Waals surface area contributed by atoms with E-state index < -0.39 is 0 Å². The molecule has 5 nitrogen and oxygen atoms in total. The molecule has 2 aromatic heterocycles.